The lowest BCUT2D eigenvalue weighted by Gasteiger charge is -2.30. The fourth-order valence-electron chi connectivity index (χ4n) is 2.59. The maximum absolute atomic E-state index is 9.55. The Labute approximate surface area is 121 Å². The number of hydrogen-bond donors (Lipinski definition) is 2. The Morgan fingerprint density at radius 2 is 2.10 bits per heavy atom. The van der Waals surface area contributed by atoms with Crippen LogP contribution in [-0.4, -0.2) is 43.3 Å². The number of likely N-dealkylation sites (tertiary alicyclic amines) is 1. The maximum atomic E-state index is 9.55. The third kappa shape index (κ3) is 4.39. The fraction of sp³-hybridized carbons (Fsp3) is 0.625. The van der Waals surface area contributed by atoms with Gasteiger partial charge in [0.1, 0.15) is 0 Å². The predicted octanol–water partition coefficient (Wildman–Crippen LogP) is 2.22. The van der Waals surface area contributed by atoms with Crippen LogP contribution < -0.4 is 10.1 Å². The largest absolute Gasteiger partial charge is 0.504 e. The molecule has 20 heavy (non-hydrogen) atoms. The number of phenols is 1. The first kappa shape index (κ1) is 15.1. The molecule has 0 bridgehead atoms. The number of ether oxygens (including phenoxy) is 1. The molecular weight excluding hydrogens is 252 g/mol. The smallest absolute Gasteiger partial charge is 0.160 e. The second-order valence-electron chi connectivity index (χ2n) is 5.71. The normalized spacial score (nSPS) is 17.3. The molecule has 0 atom stereocenters. The van der Waals surface area contributed by atoms with Gasteiger partial charge in [0, 0.05) is 19.6 Å². The second kappa shape index (κ2) is 7.50. The molecule has 1 fully saturated rings. The molecule has 1 aliphatic heterocycles. The molecule has 0 amide bonds. The zero-order valence-corrected chi connectivity index (χ0v) is 12.6. The van der Waals surface area contributed by atoms with Gasteiger partial charge in [0.05, 0.1) is 7.11 Å². The summed E-state index contributed by atoms with van der Waals surface area (Å²) in [6.07, 6.45) is 2.66. The zero-order valence-electron chi connectivity index (χ0n) is 12.6. The number of rotatable bonds is 6. The van der Waals surface area contributed by atoms with Gasteiger partial charge in [-0.1, -0.05) is 13.0 Å². The first-order valence-corrected chi connectivity index (χ1v) is 7.48. The van der Waals surface area contributed by atoms with Gasteiger partial charge in [-0.15, -0.1) is 0 Å². The van der Waals surface area contributed by atoms with Crippen molar-refractivity contribution in [2.45, 2.75) is 26.3 Å². The summed E-state index contributed by atoms with van der Waals surface area (Å²) in [5, 5.41) is 13.0. The third-order valence-corrected chi connectivity index (χ3v) is 4.05. The highest BCUT2D eigenvalue weighted by molar-refractivity contribution is 5.41. The van der Waals surface area contributed by atoms with Gasteiger partial charge in [-0.2, -0.15) is 0 Å². The van der Waals surface area contributed by atoms with E-state index in [9.17, 15) is 5.11 Å². The minimum atomic E-state index is 0.193. The van der Waals surface area contributed by atoms with Crippen LogP contribution >= 0.6 is 0 Å². The van der Waals surface area contributed by atoms with Gasteiger partial charge in [0.2, 0.25) is 0 Å². The maximum Gasteiger partial charge on any atom is 0.160 e. The van der Waals surface area contributed by atoms with Crippen LogP contribution in [-0.2, 0) is 6.54 Å². The Morgan fingerprint density at radius 1 is 1.35 bits per heavy atom. The van der Waals surface area contributed by atoms with Gasteiger partial charge in [0.25, 0.3) is 0 Å². The van der Waals surface area contributed by atoms with E-state index in [2.05, 4.69) is 17.1 Å². The number of piperidine rings is 1. The molecule has 1 aliphatic rings. The molecule has 1 heterocycles. The molecule has 0 saturated carbocycles. The molecule has 0 radical (unpaired) electrons. The van der Waals surface area contributed by atoms with E-state index >= 15 is 0 Å². The SMILES string of the molecule is COc1cc(CNCCN2CCC(C)CC2)ccc1O. The van der Waals surface area contributed by atoms with E-state index in [0.717, 1.165) is 31.1 Å². The average molecular weight is 278 g/mol. The summed E-state index contributed by atoms with van der Waals surface area (Å²) in [6, 6.07) is 5.49. The lowest BCUT2D eigenvalue weighted by molar-refractivity contribution is 0.193. The molecule has 112 valence electrons. The van der Waals surface area contributed by atoms with Crippen molar-refractivity contribution < 1.29 is 9.84 Å². The van der Waals surface area contributed by atoms with Crippen molar-refractivity contribution >= 4 is 0 Å². The first-order chi connectivity index (χ1) is 9.69. The predicted molar refractivity (Wildman–Crippen MR) is 81.2 cm³/mol. The van der Waals surface area contributed by atoms with Crippen LogP contribution in [0.15, 0.2) is 18.2 Å². The Kier molecular flexibility index (Phi) is 5.68. The van der Waals surface area contributed by atoms with Crippen LogP contribution in [0.25, 0.3) is 0 Å². The summed E-state index contributed by atoms with van der Waals surface area (Å²) in [7, 11) is 1.57. The van der Waals surface area contributed by atoms with E-state index in [0.29, 0.717) is 5.75 Å². The van der Waals surface area contributed by atoms with Gasteiger partial charge < -0.3 is 20.1 Å². The topological polar surface area (TPSA) is 44.7 Å². The molecular formula is C16H26N2O2. The monoisotopic (exact) mass is 278 g/mol. The van der Waals surface area contributed by atoms with Crippen molar-refractivity contribution in [3.05, 3.63) is 23.8 Å². The highest BCUT2D eigenvalue weighted by atomic mass is 16.5. The van der Waals surface area contributed by atoms with Crippen molar-refractivity contribution in [3.63, 3.8) is 0 Å². The highest BCUT2D eigenvalue weighted by Gasteiger charge is 2.14. The Balaban J connectivity index is 1.68. The van der Waals surface area contributed by atoms with Crippen molar-refractivity contribution in [3.8, 4) is 11.5 Å². The van der Waals surface area contributed by atoms with Gasteiger partial charge in [-0.05, 0) is 49.5 Å². The van der Waals surface area contributed by atoms with Crippen molar-refractivity contribution in [2.75, 3.05) is 33.3 Å². The molecule has 0 unspecified atom stereocenters. The number of hydrogen-bond acceptors (Lipinski definition) is 4. The summed E-state index contributed by atoms with van der Waals surface area (Å²) in [5.41, 5.74) is 1.13. The van der Waals surface area contributed by atoms with Crippen molar-refractivity contribution in [2.24, 2.45) is 5.92 Å². The second-order valence-corrected chi connectivity index (χ2v) is 5.71. The van der Waals surface area contributed by atoms with Crippen LogP contribution in [0.5, 0.6) is 11.5 Å². The summed E-state index contributed by atoms with van der Waals surface area (Å²) < 4.78 is 5.11. The van der Waals surface area contributed by atoms with E-state index < -0.39 is 0 Å². The van der Waals surface area contributed by atoms with Gasteiger partial charge in [0.15, 0.2) is 11.5 Å². The van der Waals surface area contributed by atoms with E-state index in [4.69, 9.17) is 4.74 Å². The van der Waals surface area contributed by atoms with Crippen LogP contribution in [0.4, 0.5) is 0 Å². The van der Waals surface area contributed by atoms with E-state index in [1.807, 2.05) is 12.1 Å². The Morgan fingerprint density at radius 3 is 2.80 bits per heavy atom. The zero-order chi connectivity index (χ0) is 14.4. The number of benzene rings is 1. The molecule has 0 aliphatic carbocycles. The molecule has 0 aromatic heterocycles. The van der Waals surface area contributed by atoms with E-state index in [1.165, 1.54) is 25.9 Å². The van der Waals surface area contributed by atoms with Crippen LogP contribution in [0.1, 0.15) is 25.3 Å². The lowest BCUT2D eigenvalue weighted by atomic mass is 9.99. The third-order valence-electron chi connectivity index (χ3n) is 4.05. The lowest BCUT2D eigenvalue weighted by Crippen LogP contribution is -2.37. The summed E-state index contributed by atoms with van der Waals surface area (Å²) in [6.45, 7) is 7.72. The van der Waals surface area contributed by atoms with Crippen molar-refractivity contribution in [1.29, 1.82) is 0 Å². The van der Waals surface area contributed by atoms with Gasteiger partial charge in [-0.25, -0.2) is 0 Å². The number of aromatic hydroxyl groups is 1. The molecule has 2 N–H and O–H groups in total. The van der Waals surface area contributed by atoms with Crippen LogP contribution in [0.3, 0.4) is 0 Å². The number of phenolic OH excluding ortho intramolecular Hbond substituents is 1. The molecule has 1 aromatic rings. The minimum Gasteiger partial charge on any atom is -0.504 e. The number of nitrogens with one attached hydrogen (secondary N) is 1. The average Bonchev–Trinajstić information content (AvgIpc) is 2.47. The molecule has 4 nitrogen and oxygen atoms in total. The Hall–Kier alpha value is -1.26. The molecule has 0 spiro atoms. The van der Waals surface area contributed by atoms with E-state index in [1.54, 1.807) is 13.2 Å². The summed E-state index contributed by atoms with van der Waals surface area (Å²) in [5.74, 6) is 1.62. The van der Waals surface area contributed by atoms with Crippen molar-refractivity contribution in [1.82, 2.24) is 10.2 Å². The number of methoxy groups -OCH3 is 1. The first-order valence-electron chi connectivity index (χ1n) is 7.48. The fourth-order valence-corrected chi connectivity index (χ4v) is 2.59. The minimum absolute atomic E-state index is 0.193. The standard InChI is InChI=1S/C16H26N2O2/c1-13-5-8-18(9-6-13)10-7-17-12-14-3-4-15(19)16(11-14)20-2/h3-4,11,13,17,19H,5-10,12H2,1-2H3. The Bertz CT molecular complexity index is 415. The van der Waals surface area contributed by atoms with Gasteiger partial charge in [-0.3, -0.25) is 0 Å². The molecule has 4 heteroatoms. The molecule has 2 rings (SSSR count). The quantitative estimate of drug-likeness (QED) is 0.783. The molecule has 1 saturated heterocycles. The van der Waals surface area contributed by atoms with Crippen LogP contribution in [0.2, 0.25) is 0 Å². The van der Waals surface area contributed by atoms with Crippen LogP contribution in [0, 0.1) is 5.92 Å². The molecule has 1 aromatic carbocycles. The number of nitrogens with zero attached hydrogens (tertiary/aromatic N) is 1. The summed E-state index contributed by atoms with van der Waals surface area (Å²) >= 11 is 0. The summed E-state index contributed by atoms with van der Waals surface area (Å²) in [4.78, 5) is 2.53. The van der Waals surface area contributed by atoms with Gasteiger partial charge >= 0.3 is 0 Å². The van der Waals surface area contributed by atoms with E-state index in [-0.39, 0.29) is 5.75 Å². The highest BCUT2D eigenvalue weighted by Crippen LogP contribution is 2.26.